The van der Waals surface area contributed by atoms with E-state index in [1.54, 1.807) is 43.3 Å². The van der Waals surface area contributed by atoms with Crippen LogP contribution >= 0.6 is 0 Å². The van der Waals surface area contributed by atoms with E-state index in [-0.39, 0.29) is 23.2 Å². The Hall–Kier alpha value is -3.62. The number of alkyl halides is 3. The Labute approximate surface area is 168 Å². The van der Waals surface area contributed by atoms with Gasteiger partial charge < -0.3 is 5.32 Å². The van der Waals surface area contributed by atoms with E-state index in [4.69, 9.17) is 0 Å². The molecule has 2 heterocycles. The quantitative estimate of drug-likeness (QED) is 0.518. The Bertz CT molecular complexity index is 1320. The smallest absolute Gasteiger partial charge is 0.326 e. The van der Waals surface area contributed by atoms with Gasteiger partial charge in [-0.1, -0.05) is 31.2 Å². The van der Waals surface area contributed by atoms with Gasteiger partial charge in [-0.2, -0.15) is 18.3 Å². The van der Waals surface area contributed by atoms with Crippen molar-refractivity contribution >= 4 is 33.4 Å². The highest BCUT2D eigenvalue weighted by atomic mass is 19.4. The van der Waals surface area contributed by atoms with Gasteiger partial charge in [0.15, 0.2) is 0 Å². The van der Waals surface area contributed by atoms with Crippen LogP contribution in [0.5, 0.6) is 0 Å². The SMILES string of the molecule is CCC(=O)Nc1ccccc1-c1ccc2c3n[nH]cc3c(=O)n(CC(F)(F)F)c2c1. The molecule has 2 N–H and O–H groups in total. The number of fused-ring (bicyclic) bond motifs is 3. The van der Waals surface area contributed by atoms with E-state index in [1.807, 2.05) is 0 Å². The summed E-state index contributed by atoms with van der Waals surface area (Å²) in [6.45, 7) is 0.306. The van der Waals surface area contributed by atoms with E-state index < -0.39 is 18.3 Å². The number of carbonyl (C=O) groups is 1. The van der Waals surface area contributed by atoms with Crippen LogP contribution in [0.4, 0.5) is 18.9 Å². The lowest BCUT2D eigenvalue weighted by Gasteiger charge is -2.15. The van der Waals surface area contributed by atoms with Gasteiger partial charge in [0.2, 0.25) is 5.91 Å². The number of benzene rings is 2. The van der Waals surface area contributed by atoms with Crippen molar-refractivity contribution in [2.24, 2.45) is 0 Å². The number of rotatable bonds is 4. The third-order valence-corrected chi connectivity index (χ3v) is 4.83. The van der Waals surface area contributed by atoms with Crippen LogP contribution in [0, 0.1) is 0 Å². The summed E-state index contributed by atoms with van der Waals surface area (Å²) >= 11 is 0. The molecular formula is C21H17F3N4O2. The van der Waals surface area contributed by atoms with Gasteiger partial charge in [-0.15, -0.1) is 0 Å². The molecule has 30 heavy (non-hydrogen) atoms. The van der Waals surface area contributed by atoms with Gasteiger partial charge in [-0.05, 0) is 23.8 Å². The first-order valence-corrected chi connectivity index (χ1v) is 9.24. The molecule has 0 radical (unpaired) electrons. The highest BCUT2D eigenvalue weighted by Crippen LogP contribution is 2.32. The number of nitrogens with zero attached hydrogens (tertiary/aromatic N) is 2. The lowest BCUT2D eigenvalue weighted by Crippen LogP contribution is -2.28. The second-order valence-corrected chi connectivity index (χ2v) is 6.83. The number of H-pyrrole nitrogens is 1. The Kier molecular flexibility index (Phi) is 4.81. The minimum atomic E-state index is -4.57. The predicted octanol–water partition coefficient (Wildman–Crippen LogP) is 4.46. The molecular weight excluding hydrogens is 397 g/mol. The monoisotopic (exact) mass is 414 g/mol. The molecule has 2 aromatic heterocycles. The van der Waals surface area contributed by atoms with E-state index in [1.165, 1.54) is 12.3 Å². The number of para-hydroxylation sites is 1. The summed E-state index contributed by atoms with van der Waals surface area (Å²) in [6.07, 6.45) is -2.99. The van der Waals surface area contributed by atoms with Crippen LogP contribution in [-0.4, -0.2) is 26.8 Å². The van der Waals surface area contributed by atoms with Crippen molar-refractivity contribution < 1.29 is 18.0 Å². The number of amides is 1. The van der Waals surface area contributed by atoms with Crippen molar-refractivity contribution in [3.8, 4) is 11.1 Å². The van der Waals surface area contributed by atoms with E-state index in [0.717, 1.165) is 0 Å². The maximum atomic E-state index is 13.2. The number of anilines is 1. The standard InChI is InChI=1S/C21H17F3N4O2/c1-2-18(29)26-16-6-4-3-5-13(16)12-7-8-14-17(9-12)28(11-21(22,23)24)20(30)15-10-25-27-19(14)15/h3-10H,2,11H2,1H3,(H,25,27)(H,26,29). The molecule has 4 aromatic rings. The summed E-state index contributed by atoms with van der Waals surface area (Å²) in [6, 6.07) is 11.9. The number of aromatic nitrogens is 3. The first kappa shape index (κ1) is 19.7. The van der Waals surface area contributed by atoms with Crippen molar-refractivity contribution in [3.05, 3.63) is 59.0 Å². The fourth-order valence-corrected chi connectivity index (χ4v) is 3.45. The molecule has 1 amide bonds. The van der Waals surface area contributed by atoms with Crippen molar-refractivity contribution in [3.63, 3.8) is 0 Å². The molecule has 4 rings (SSSR count). The Morgan fingerprint density at radius 1 is 1.17 bits per heavy atom. The number of hydrogen-bond acceptors (Lipinski definition) is 3. The number of carbonyl (C=O) groups excluding carboxylic acids is 1. The first-order chi connectivity index (χ1) is 14.3. The van der Waals surface area contributed by atoms with Crippen LogP contribution in [-0.2, 0) is 11.3 Å². The van der Waals surface area contributed by atoms with Gasteiger partial charge in [0.1, 0.15) is 12.1 Å². The Balaban J connectivity index is 1.98. The third kappa shape index (κ3) is 3.54. The maximum Gasteiger partial charge on any atom is 0.406 e. The fourth-order valence-electron chi connectivity index (χ4n) is 3.45. The topological polar surface area (TPSA) is 79.8 Å². The zero-order valence-corrected chi connectivity index (χ0v) is 15.9. The second-order valence-electron chi connectivity index (χ2n) is 6.83. The number of pyridine rings is 1. The third-order valence-electron chi connectivity index (χ3n) is 4.83. The van der Waals surface area contributed by atoms with Crippen LogP contribution in [0.1, 0.15) is 13.3 Å². The summed E-state index contributed by atoms with van der Waals surface area (Å²) in [5.41, 5.74) is 1.40. The lowest BCUT2D eigenvalue weighted by molar-refractivity contribution is -0.140. The molecule has 0 atom stereocenters. The number of halogens is 3. The molecule has 0 fully saturated rings. The highest BCUT2D eigenvalue weighted by Gasteiger charge is 2.30. The molecule has 0 saturated carbocycles. The summed E-state index contributed by atoms with van der Waals surface area (Å²) < 4.78 is 40.4. The van der Waals surface area contributed by atoms with Gasteiger partial charge in [-0.25, -0.2) is 0 Å². The van der Waals surface area contributed by atoms with Crippen molar-refractivity contribution in [2.75, 3.05) is 5.32 Å². The van der Waals surface area contributed by atoms with Crippen LogP contribution < -0.4 is 10.9 Å². The van der Waals surface area contributed by atoms with Gasteiger partial charge in [0, 0.05) is 29.3 Å². The summed E-state index contributed by atoms with van der Waals surface area (Å²) in [7, 11) is 0. The minimum absolute atomic E-state index is 0.0927. The van der Waals surface area contributed by atoms with E-state index >= 15 is 0 Å². The van der Waals surface area contributed by atoms with Crippen LogP contribution in [0.2, 0.25) is 0 Å². The van der Waals surface area contributed by atoms with Gasteiger partial charge in [0.05, 0.1) is 10.9 Å². The van der Waals surface area contributed by atoms with Crippen molar-refractivity contribution in [1.29, 1.82) is 0 Å². The summed E-state index contributed by atoms with van der Waals surface area (Å²) in [5, 5.41) is 9.90. The second kappa shape index (κ2) is 7.33. The lowest BCUT2D eigenvalue weighted by atomic mass is 10.0. The number of nitrogens with one attached hydrogen (secondary N) is 2. The van der Waals surface area contributed by atoms with Gasteiger partial charge in [0.25, 0.3) is 5.56 Å². The zero-order chi connectivity index (χ0) is 21.5. The molecule has 0 aliphatic rings. The Morgan fingerprint density at radius 2 is 1.93 bits per heavy atom. The molecule has 0 spiro atoms. The molecule has 0 saturated heterocycles. The van der Waals surface area contributed by atoms with Crippen molar-refractivity contribution in [2.45, 2.75) is 26.1 Å². The largest absolute Gasteiger partial charge is 0.406 e. The summed E-state index contributed by atoms with van der Waals surface area (Å²) in [5.74, 6) is -0.185. The van der Waals surface area contributed by atoms with E-state index in [2.05, 4.69) is 15.5 Å². The highest BCUT2D eigenvalue weighted by molar-refractivity contribution is 6.05. The Morgan fingerprint density at radius 3 is 2.67 bits per heavy atom. The van der Waals surface area contributed by atoms with E-state index in [9.17, 15) is 22.8 Å². The normalized spacial score (nSPS) is 11.9. The average molecular weight is 414 g/mol. The first-order valence-electron chi connectivity index (χ1n) is 9.24. The van der Waals surface area contributed by atoms with Crippen LogP contribution in [0.25, 0.3) is 32.9 Å². The average Bonchev–Trinajstić information content (AvgIpc) is 3.20. The molecule has 6 nitrogen and oxygen atoms in total. The molecule has 0 aliphatic heterocycles. The molecule has 9 heteroatoms. The molecule has 2 aromatic carbocycles. The van der Waals surface area contributed by atoms with Gasteiger partial charge in [-0.3, -0.25) is 19.3 Å². The zero-order valence-electron chi connectivity index (χ0n) is 15.9. The fraction of sp³-hybridized carbons (Fsp3) is 0.190. The van der Waals surface area contributed by atoms with Gasteiger partial charge >= 0.3 is 6.18 Å². The summed E-state index contributed by atoms with van der Waals surface area (Å²) in [4.78, 5) is 24.6. The molecule has 0 aliphatic carbocycles. The number of hydrogen-bond donors (Lipinski definition) is 2. The van der Waals surface area contributed by atoms with Crippen molar-refractivity contribution in [1.82, 2.24) is 14.8 Å². The predicted molar refractivity (Wildman–Crippen MR) is 108 cm³/mol. The maximum absolute atomic E-state index is 13.2. The van der Waals surface area contributed by atoms with Crippen LogP contribution in [0.15, 0.2) is 53.5 Å². The molecule has 0 unspecified atom stereocenters. The van der Waals surface area contributed by atoms with Crippen LogP contribution in [0.3, 0.4) is 0 Å². The number of aromatic amines is 1. The molecule has 154 valence electrons. The minimum Gasteiger partial charge on any atom is -0.326 e. The molecule has 0 bridgehead atoms. The van der Waals surface area contributed by atoms with E-state index in [0.29, 0.717) is 32.3 Å².